The van der Waals surface area contributed by atoms with Gasteiger partial charge in [0, 0.05) is 5.41 Å². The predicted octanol–water partition coefficient (Wildman–Crippen LogP) is 2.23. The molecule has 0 saturated heterocycles. The minimum absolute atomic E-state index is 0.0352. The van der Waals surface area contributed by atoms with Crippen LogP contribution in [-0.4, -0.2) is 19.8 Å². The Hall–Kier alpha value is -1.26. The molecule has 2 rings (SSSR count). The van der Waals surface area contributed by atoms with Gasteiger partial charge in [0.2, 0.25) is 0 Å². The molecule has 1 heterocycles. The van der Waals surface area contributed by atoms with Gasteiger partial charge in [-0.05, 0) is 36.6 Å². The standard InChI is InChI=1S/C14H21NO3/c1-10-6-12-13(7-11(10)4-5-18-15)17-9-14(2,3)8-16-12/h6-7H,4-5,8-9,15H2,1-3H3. The van der Waals surface area contributed by atoms with Crippen molar-refractivity contribution in [2.24, 2.45) is 11.3 Å². The van der Waals surface area contributed by atoms with E-state index in [1.165, 1.54) is 11.1 Å². The summed E-state index contributed by atoms with van der Waals surface area (Å²) in [5.74, 6) is 6.72. The smallest absolute Gasteiger partial charge is 0.161 e. The molecule has 0 unspecified atom stereocenters. The first-order valence-electron chi connectivity index (χ1n) is 6.23. The van der Waals surface area contributed by atoms with Gasteiger partial charge in [0.25, 0.3) is 0 Å². The molecule has 1 aromatic carbocycles. The highest BCUT2D eigenvalue weighted by molar-refractivity contribution is 5.47. The molecule has 18 heavy (non-hydrogen) atoms. The summed E-state index contributed by atoms with van der Waals surface area (Å²) in [6.45, 7) is 8.17. The van der Waals surface area contributed by atoms with Gasteiger partial charge in [-0.15, -0.1) is 0 Å². The maximum atomic E-state index is 5.84. The first kappa shape index (κ1) is 13.2. The van der Waals surface area contributed by atoms with Gasteiger partial charge in [-0.25, -0.2) is 5.90 Å². The van der Waals surface area contributed by atoms with Gasteiger partial charge in [0.05, 0.1) is 19.8 Å². The average Bonchev–Trinajstić information content (AvgIpc) is 2.46. The van der Waals surface area contributed by atoms with Crippen LogP contribution in [0.5, 0.6) is 11.5 Å². The Bertz CT molecular complexity index is 429. The molecule has 4 heteroatoms. The topological polar surface area (TPSA) is 53.7 Å². The fourth-order valence-electron chi connectivity index (χ4n) is 1.96. The lowest BCUT2D eigenvalue weighted by molar-refractivity contribution is 0.139. The average molecular weight is 251 g/mol. The Kier molecular flexibility index (Phi) is 3.78. The van der Waals surface area contributed by atoms with Crippen LogP contribution in [0.3, 0.4) is 0 Å². The number of rotatable bonds is 3. The van der Waals surface area contributed by atoms with E-state index >= 15 is 0 Å². The number of nitrogens with two attached hydrogens (primary N) is 1. The van der Waals surface area contributed by atoms with Crippen molar-refractivity contribution in [1.29, 1.82) is 0 Å². The van der Waals surface area contributed by atoms with E-state index in [9.17, 15) is 0 Å². The zero-order valence-corrected chi connectivity index (χ0v) is 11.3. The van der Waals surface area contributed by atoms with Gasteiger partial charge in [0.15, 0.2) is 11.5 Å². The van der Waals surface area contributed by atoms with Gasteiger partial charge in [-0.2, -0.15) is 0 Å². The molecule has 0 fully saturated rings. The van der Waals surface area contributed by atoms with Gasteiger partial charge in [0.1, 0.15) is 0 Å². The van der Waals surface area contributed by atoms with Crippen molar-refractivity contribution in [2.45, 2.75) is 27.2 Å². The molecule has 0 amide bonds. The van der Waals surface area contributed by atoms with Crippen LogP contribution in [0.4, 0.5) is 0 Å². The summed E-state index contributed by atoms with van der Waals surface area (Å²) < 4.78 is 11.7. The van der Waals surface area contributed by atoms with Crippen LogP contribution < -0.4 is 15.4 Å². The summed E-state index contributed by atoms with van der Waals surface area (Å²) >= 11 is 0. The van der Waals surface area contributed by atoms with E-state index in [0.717, 1.165) is 17.9 Å². The fraction of sp³-hybridized carbons (Fsp3) is 0.571. The maximum absolute atomic E-state index is 5.84. The summed E-state index contributed by atoms with van der Waals surface area (Å²) in [5, 5.41) is 0. The molecule has 1 aliphatic heterocycles. The van der Waals surface area contributed by atoms with Crippen LogP contribution in [0.15, 0.2) is 12.1 Å². The lowest BCUT2D eigenvalue weighted by Gasteiger charge is -2.19. The third kappa shape index (κ3) is 2.94. The molecule has 0 spiro atoms. The highest BCUT2D eigenvalue weighted by Gasteiger charge is 2.25. The number of benzene rings is 1. The minimum Gasteiger partial charge on any atom is -0.489 e. The highest BCUT2D eigenvalue weighted by atomic mass is 16.6. The molecule has 1 aliphatic rings. The van der Waals surface area contributed by atoms with Gasteiger partial charge < -0.3 is 14.3 Å². The van der Waals surface area contributed by atoms with Crippen molar-refractivity contribution < 1.29 is 14.3 Å². The number of hydrogen-bond acceptors (Lipinski definition) is 4. The summed E-state index contributed by atoms with van der Waals surface area (Å²) in [4.78, 5) is 4.63. The first-order chi connectivity index (χ1) is 8.52. The molecule has 0 atom stereocenters. The van der Waals surface area contributed by atoms with Crippen LogP contribution in [0, 0.1) is 12.3 Å². The van der Waals surface area contributed by atoms with E-state index < -0.39 is 0 Å². The highest BCUT2D eigenvalue weighted by Crippen LogP contribution is 2.36. The molecule has 0 radical (unpaired) electrons. The van der Waals surface area contributed by atoms with E-state index in [0.29, 0.717) is 19.8 Å². The lowest BCUT2D eigenvalue weighted by Crippen LogP contribution is -2.26. The zero-order valence-electron chi connectivity index (χ0n) is 11.3. The molecule has 0 bridgehead atoms. The molecule has 100 valence electrons. The monoisotopic (exact) mass is 251 g/mol. The summed E-state index contributed by atoms with van der Waals surface area (Å²) in [7, 11) is 0. The van der Waals surface area contributed by atoms with Gasteiger partial charge >= 0.3 is 0 Å². The second-order valence-electron chi connectivity index (χ2n) is 5.59. The fourth-order valence-corrected chi connectivity index (χ4v) is 1.96. The van der Waals surface area contributed by atoms with Crippen LogP contribution in [0.1, 0.15) is 25.0 Å². The van der Waals surface area contributed by atoms with E-state index in [2.05, 4.69) is 25.6 Å². The van der Waals surface area contributed by atoms with Crippen molar-refractivity contribution in [2.75, 3.05) is 19.8 Å². The molecule has 0 aliphatic carbocycles. The summed E-state index contributed by atoms with van der Waals surface area (Å²) in [6, 6.07) is 4.06. The normalized spacial score (nSPS) is 17.3. The summed E-state index contributed by atoms with van der Waals surface area (Å²) in [5.41, 5.74) is 2.39. The largest absolute Gasteiger partial charge is 0.489 e. The van der Waals surface area contributed by atoms with E-state index in [1.54, 1.807) is 0 Å². The third-order valence-corrected chi connectivity index (χ3v) is 3.13. The van der Waals surface area contributed by atoms with Crippen molar-refractivity contribution in [3.05, 3.63) is 23.3 Å². The van der Waals surface area contributed by atoms with Crippen molar-refractivity contribution in [3.8, 4) is 11.5 Å². The second kappa shape index (κ2) is 5.16. The third-order valence-electron chi connectivity index (χ3n) is 3.13. The second-order valence-corrected chi connectivity index (χ2v) is 5.59. The lowest BCUT2D eigenvalue weighted by atomic mass is 9.97. The molecular weight excluding hydrogens is 230 g/mol. The Labute approximate surface area is 108 Å². The summed E-state index contributed by atoms with van der Waals surface area (Å²) in [6.07, 6.45) is 0.780. The van der Waals surface area contributed by atoms with Gasteiger partial charge in [-0.1, -0.05) is 13.8 Å². The molecular formula is C14H21NO3. The van der Waals surface area contributed by atoms with Crippen molar-refractivity contribution in [3.63, 3.8) is 0 Å². The molecule has 4 nitrogen and oxygen atoms in total. The molecule has 1 aromatic rings. The Morgan fingerprint density at radius 1 is 1.22 bits per heavy atom. The molecule has 0 saturated carbocycles. The van der Waals surface area contributed by atoms with Crippen LogP contribution in [0.25, 0.3) is 0 Å². The van der Waals surface area contributed by atoms with Crippen molar-refractivity contribution >= 4 is 0 Å². The van der Waals surface area contributed by atoms with Gasteiger partial charge in [-0.3, -0.25) is 0 Å². The zero-order chi connectivity index (χ0) is 13.2. The molecule has 0 aromatic heterocycles. The maximum Gasteiger partial charge on any atom is 0.161 e. The number of fused-ring (bicyclic) bond motifs is 1. The number of ether oxygens (including phenoxy) is 2. The Morgan fingerprint density at radius 3 is 2.44 bits per heavy atom. The predicted molar refractivity (Wildman–Crippen MR) is 69.8 cm³/mol. The quantitative estimate of drug-likeness (QED) is 0.837. The first-order valence-corrected chi connectivity index (χ1v) is 6.23. The number of aryl methyl sites for hydroxylation is 1. The van der Waals surface area contributed by atoms with Crippen LogP contribution >= 0.6 is 0 Å². The Morgan fingerprint density at radius 2 is 1.83 bits per heavy atom. The Balaban J connectivity index is 2.24. The minimum atomic E-state index is 0.0352. The van der Waals surface area contributed by atoms with Crippen molar-refractivity contribution in [1.82, 2.24) is 0 Å². The van der Waals surface area contributed by atoms with Crippen LogP contribution in [-0.2, 0) is 11.3 Å². The SMILES string of the molecule is Cc1cc2c(cc1CCON)OCC(C)(C)CO2. The van der Waals surface area contributed by atoms with E-state index in [1.807, 2.05) is 12.1 Å². The van der Waals surface area contributed by atoms with Crippen LogP contribution in [0.2, 0.25) is 0 Å². The van der Waals surface area contributed by atoms with E-state index in [4.69, 9.17) is 15.4 Å². The van der Waals surface area contributed by atoms with E-state index in [-0.39, 0.29) is 5.41 Å². The number of hydrogen-bond donors (Lipinski definition) is 1. The molecule has 2 N–H and O–H groups in total.